The van der Waals surface area contributed by atoms with Gasteiger partial charge in [-0.25, -0.2) is 4.99 Å². The van der Waals surface area contributed by atoms with Gasteiger partial charge in [-0.3, -0.25) is 9.69 Å². The number of amidine groups is 1. The molecule has 0 aliphatic carbocycles. The number of nitrogens with zero attached hydrogens (tertiary/aromatic N) is 2. The molecular weight excluding hydrogens is 548 g/mol. The van der Waals surface area contributed by atoms with Crippen molar-refractivity contribution in [3.05, 3.63) is 141 Å². The van der Waals surface area contributed by atoms with Crippen molar-refractivity contribution < 1.29 is 9.53 Å². The second-order valence-corrected chi connectivity index (χ2v) is 11.4. The molecule has 0 saturated carbocycles. The third kappa shape index (κ3) is 5.92. The predicted octanol–water partition coefficient (Wildman–Crippen LogP) is 9.50. The maximum atomic E-state index is 14.0. The number of aliphatic imine (C=N–C) groups is 1. The molecule has 0 radical (unpaired) electrons. The van der Waals surface area contributed by atoms with Crippen LogP contribution in [0.1, 0.15) is 22.3 Å². The van der Waals surface area contributed by atoms with Crippen LogP contribution in [0.15, 0.2) is 119 Å². The Morgan fingerprint density at radius 1 is 0.829 bits per heavy atom. The number of benzene rings is 5. The van der Waals surface area contributed by atoms with Crippen molar-refractivity contribution in [1.82, 2.24) is 0 Å². The molecule has 0 bridgehead atoms. The van der Waals surface area contributed by atoms with Crippen LogP contribution in [0.3, 0.4) is 0 Å². The van der Waals surface area contributed by atoms with Crippen molar-refractivity contribution in [2.24, 2.45) is 4.99 Å². The van der Waals surface area contributed by atoms with Gasteiger partial charge < -0.3 is 4.74 Å². The van der Waals surface area contributed by atoms with Crippen LogP contribution in [0.4, 0.5) is 11.4 Å². The van der Waals surface area contributed by atoms with E-state index in [1.54, 1.807) is 4.90 Å². The summed E-state index contributed by atoms with van der Waals surface area (Å²) in [7, 11) is 0. The fourth-order valence-corrected chi connectivity index (χ4v) is 5.73. The summed E-state index contributed by atoms with van der Waals surface area (Å²) < 4.78 is 6.32. The van der Waals surface area contributed by atoms with Gasteiger partial charge in [0.15, 0.2) is 5.17 Å². The zero-order chi connectivity index (χ0) is 28.3. The third-order valence-corrected chi connectivity index (χ3v) is 8.09. The first-order valence-electron chi connectivity index (χ1n) is 13.3. The number of thioether (sulfide) groups is 1. The highest BCUT2D eigenvalue weighted by Crippen LogP contribution is 2.40. The topological polar surface area (TPSA) is 41.9 Å². The van der Waals surface area contributed by atoms with Crippen LogP contribution in [-0.4, -0.2) is 11.1 Å². The number of hydrogen-bond donors (Lipinski definition) is 0. The van der Waals surface area contributed by atoms with Gasteiger partial charge in [-0.05, 0) is 90.5 Å². The summed E-state index contributed by atoms with van der Waals surface area (Å²) in [4.78, 5) is 21.2. The van der Waals surface area contributed by atoms with Crippen LogP contribution in [0.25, 0.3) is 16.8 Å². The lowest BCUT2D eigenvalue weighted by atomic mass is 10.0. The van der Waals surface area contributed by atoms with Crippen LogP contribution in [0.2, 0.25) is 5.02 Å². The highest BCUT2D eigenvalue weighted by molar-refractivity contribution is 8.19. The third-order valence-electron chi connectivity index (χ3n) is 6.87. The average molecular weight is 575 g/mol. The number of rotatable bonds is 6. The van der Waals surface area contributed by atoms with Crippen molar-refractivity contribution >= 4 is 62.7 Å². The van der Waals surface area contributed by atoms with Gasteiger partial charge in [-0.15, -0.1) is 0 Å². The first kappa shape index (κ1) is 26.9. The van der Waals surface area contributed by atoms with Crippen molar-refractivity contribution in [3.8, 4) is 5.75 Å². The van der Waals surface area contributed by atoms with Crippen LogP contribution >= 0.6 is 23.4 Å². The lowest BCUT2D eigenvalue weighted by molar-refractivity contribution is -0.113. The number of fused-ring (bicyclic) bond motifs is 1. The number of carbonyl (C=O) groups is 1. The van der Waals surface area contributed by atoms with Gasteiger partial charge in [0, 0.05) is 10.6 Å². The largest absolute Gasteiger partial charge is 0.488 e. The lowest BCUT2D eigenvalue weighted by Gasteiger charge is -2.16. The average Bonchev–Trinajstić information content (AvgIpc) is 3.29. The van der Waals surface area contributed by atoms with Crippen LogP contribution in [0, 0.1) is 13.8 Å². The maximum absolute atomic E-state index is 14.0. The van der Waals surface area contributed by atoms with Crippen molar-refractivity contribution in [3.63, 3.8) is 0 Å². The summed E-state index contributed by atoms with van der Waals surface area (Å²) in [6.45, 7) is 4.45. The number of aryl methyl sites for hydroxylation is 2. The quantitative estimate of drug-likeness (QED) is 0.190. The van der Waals surface area contributed by atoms with Crippen molar-refractivity contribution in [1.29, 1.82) is 0 Å². The molecule has 1 aliphatic heterocycles. The molecule has 6 heteroatoms. The van der Waals surface area contributed by atoms with Gasteiger partial charge in [0.1, 0.15) is 12.4 Å². The molecule has 0 aromatic heterocycles. The van der Waals surface area contributed by atoms with E-state index in [1.165, 1.54) is 11.8 Å². The van der Waals surface area contributed by atoms with Crippen LogP contribution in [-0.2, 0) is 11.4 Å². The summed E-state index contributed by atoms with van der Waals surface area (Å²) in [5.41, 5.74) is 5.71. The number of hydrogen-bond acceptors (Lipinski definition) is 4. The highest BCUT2D eigenvalue weighted by Gasteiger charge is 2.35. The van der Waals surface area contributed by atoms with E-state index in [1.807, 2.05) is 117 Å². The predicted molar refractivity (Wildman–Crippen MR) is 172 cm³/mol. The molecule has 6 rings (SSSR count). The van der Waals surface area contributed by atoms with Crippen molar-refractivity contribution in [2.75, 3.05) is 4.90 Å². The van der Waals surface area contributed by atoms with E-state index >= 15 is 0 Å². The minimum absolute atomic E-state index is 0.124. The van der Waals surface area contributed by atoms with E-state index in [0.29, 0.717) is 27.5 Å². The maximum Gasteiger partial charge on any atom is 0.271 e. The normalized spacial score (nSPS) is 15.3. The SMILES string of the molecule is Cc1ccc(N=C2S/C(=C\c3c(OCc4ccc(Cl)cc4)ccc4ccccc34)C(=O)N2c2ccc(C)cc2)cc1. The second-order valence-electron chi connectivity index (χ2n) is 9.93. The van der Waals surface area contributed by atoms with E-state index < -0.39 is 0 Å². The fraction of sp³-hybridized carbons (Fsp3) is 0.0857. The molecular formula is C35H27ClN2O2S. The van der Waals surface area contributed by atoms with Crippen molar-refractivity contribution in [2.45, 2.75) is 20.5 Å². The number of carbonyl (C=O) groups excluding carboxylic acids is 1. The van der Waals surface area contributed by atoms with Crippen LogP contribution in [0.5, 0.6) is 5.75 Å². The smallest absolute Gasteiger partial charge is 0.271 e. The van der Waals surface area contributed by atoms with Gasteiger partial charge in [0.05, 0.1) is 16.3 Å². The van der Waals surface area contributed by atoms with Gasteiger partial charge in [-0.2, -0.15) is 0 Å². The molecule has 0 N–H and O–H groups in total. The Balaban J connectivity index is 1.43. The summed E-state index contributed by atoms with van der Waals surface area (Å²) in [5, 5.41) is 3.37. The van der Waals surface area contributed by atoms with E-state index in [-0.39, 0.29) is 5.91 Å². The minimum Gasteiger partial charge on any atom is -0.488 e. The summed E-state index contributed by atoms with van der Waals surface area (Å²) in [6.07, 6.45) is 1.94. The minimum atomic E-state index is -0.124. The fourth-order valence-electron chi connectivity index (χ4n) is 4.62. The lowest BCUT2D eigenvalue weighted by Crippen LogP contribution is -2.28. The monoisotopic (exact) mass is 574 g/mol. The second kappa shape index (κ2) is 11.7. The molecule has 5 aromatic rings. The zero-order valence-electron chi connectivity index (χ0n) is 22.7. The molecule has 41 heavy (non-hydrogen) atoms. The van der Waals surface area contributed by atoms with E-state index in [2.05, 4.69) is 12.1 Å². The first-order chi connectivity index (χ1) is 19.9. The van der Waals surface area contributed by atoms with Gasteiger partial charge in [0.2, 0.25) is 0 Å². The molecule has 5 aromatic carbocycles. The molecule has 0 spiro atoms. The van der Waals surface area contributed by atoms with Gasteiger partial charge in [0.25, 0.3) is 5.91 Å². The Labute approximate surface area is 249 Å². The molecule has 0 atom stereocenters. The molecule has 1 saturated heterocycles. The molecule has 1 aliphatic rings. The number of amides is 1. The van der Waals surface area contributed by atoms with Crippen LogP contribution < -0.4 is 9.64 Å². The molecule has 0 unspecified atom stereocenters. The molecule has 1 heterocycles. The van der Waals surface area contributed by atoms with Gasteiger partial charge >= 0.3 is 0 Å². The Morgan fingerprint density at radius 3 is 2.24 bits per heavy atom. The Hall–Kier alpha value is -4.32. The molecule has 202 valence electrons. The summed E-state index contributed by atoms with van der Waals surface area (Å²) in [6, 6.07) is 35.6. The number of anilines is 1. The Bertz CT molecular complexity index is 1790. The number of ether oxygens (including phenoxy) is 1. The Morgan fingerprint density at radius 2 is 1.51 bits per heavy atom. The van der Waals surface area contributed by atoms with E-state index in [0.717, 1.165) is 44.4 Å². The standard InChI is InChI=1S/C35H27ClN2O2S/c1-23-7-16-28(17-8-23)37-35-38(29-18-9-24(2)10-19-29)34(39)33(41-35)21-31-30-6-4-3-5-26(30)13-20-32(31)40-22-25-11-14-27(36)15-12-25/h3-21H,22H2,1-2H3/b33-21-,37-35?. The summed E-state index contributed by atoms with van der Waals surface area (Å²) >= 11 is 7.44. The zero-order valence-corrected chi connectivity index (χ0v) is 24.2. The van der Waals surface area contributed by atoms with E-state index in [4.69, 9.17) is 21.3 Å². The first-order valence-corrected chi connectivity index (χ1v) is 14.5. The molecule has 1 fully saturated rings. The highest BCUT2D eigenvalue weighted by atomic mass is 35.5. The summed E-state index contributed by atoms with van der Waals surface area (Å²) in [5.74, 6) is 0.576. The number of halogens is 1. The Kier molecular flexibility index (Phi) is 7.64. The molecule has 4 nitrogen and oxygen atoms in total. The molecule has 1 amide bonds. The van der Waals surface area contributed by atoms with E-state index in [9.17, 15) is 4.79 Å². The van der Waals surface area contributed by atoms with Gasteiger partial charge in [-0.1, -0.05) is 89.5 Å².